The van der Waals surface area contributed by atoms with Crippen LogP contribution in [0, 0.1) is 0 Å². The monoisotopic (exact) mass is 245 g/mol. The van der Waals surface area contributed by atoms with E-state index in [0.29, 0.717) is 6.42 Å². The molecule has 84 valence electrons. The predicted octanol–water partition coefficient (Wildman–Crippen LogP) is 1.58. The van der Waals surface area contributed by atoms with Crippen LogP contribution in [0.2, 0.25) is 0 Å². The fourth-order valence-corrected chi connectivity index (χ4v) is 1.33. The molecular weight excluding hydrogens is 232 g/mol. The fourth-order valence-electron chi connectivity index (χ4n) is 0.389. The van der Waals surface area contributed by atoms with Gasteiger partial charge in [0.15, 0.2) is 0 Å². The number of hydrogen-bond acceptors (Lipinski definition) is 6. The van der Waals surface area contributed by atoms with Crippen molar-refractivity contribution in [3.05, 3.63) is 0 Å². The van der Waals surface area contributed by atoms with E-state index < -0.39 is 19.0 Å². The highest BCUT2D eigenvalue weighted by molar-refractivity contribution is 7.81. The molecule has 0 bridgehead atoms. The number of carbonyl (C=O) groups excluding carboxylic acids is 1. The maximum Gasteiger partial charge on any atom is 0.505 e. The van der Waals surface area contributed by atoms with Crippen molar-refractivity contribution in [2.75, 3.05) is 6.61 Å². The van der Waals surface area contributed by atoms with E-state index in [4.69, 9.17) is 17.0 Å². The Labute approximate surface area is 86.9 Å². The minimum Gasteiger partial charge on any atom is -0.378 e. The fraction of sp³-hybridized carbons (Fsp3) is 0.833. The van der Waals surface area contributed by atoms with Crippen LogP contribution in [0.5, 0.6) is 0 Å². The van der Waals surface area contributed by atoms with Gasteiger partial charge in [-0.15, -0.1) is 4.67 Å². The normalized spacial score (nSPS) is 17.1. The number of rotatable bonds is 6. The molecule has 0 aliphatic heterocycles. The van der Waals surface area contributed by atoms with Gasteiger partial charge in [-0.1, -0.05) is 6.92 Å². The average Bonchev–Trinajstić information content (AvgIpc) is 2.03. The number of nitrogens with two attached hydrogens (primary N) is 1. The van der Waals surface area contributed by atoms with E-state index in [0.717, 1.165) is 0 Å². The molecule has 1 unspecified atom stereocenters. The second-order valence-electron chi connectivity index (χ2n) is 2.53. The Morgan fingerprint density at radius 3 is 2.64 bits per heavy atom. The summed E-state index contributed by atoms with van der Waals surface area (Å²) in [6, 6.07) is -0.920. The van der Waals surface area contributed by atoms with E-state index in [1.165, 1.54) is 6.92 Å². The molecule has 0 amide bonds. The van der Waals surface area contributed by atoms with Crippen molar-refractivity contribution in [3.63, 3.8) is 0 Å². The van der Waals surface area contributed by atoms with Crippen LogP contribution in [0.25, 0.3) is 0 Å². The summed E-state index contributed by atoms with van der Waals surface area (Å²) < 4.78 is 19.6. The highest BCUT2D eigenvalue weighted by Crippen LogP contribution is 2.53. The molecule has 8 heteroatoms. The molecule has 0 fully saturated rings. The summed E-state index contributed by atoms with van der Waals surface area (Å²) in [6.45, 7) is -0.628. The largest absolute Gasteiger partial charge is 0.505 e. The molecule has 6 nitrogen and oxygen atoms in total. The summed E-state index contributed by atoms with van der Waals surface area (Å²) in [7, 11) is 0. The van der Waals surface area contributed by atoms with E-state index in [2.05, 4.69) is 14.1 Å². The lowest BCUT2D eigenvalue weighted by Crippen LogP contribution is -2.27. The zero-order chi connectivity index (χ0) is 11.2. The molecule has 0 radical (unpaired) electrons. The zero-order valence-electron chi connectivity index (χ0n) is 7.94. The molecule has 0 heterocycles. The van der Waals surface area contributed by atoms with Gasteiger partial charge in [-0.05, 0) is 13.3 Å². The number of hydrogen-bond donors (Lipinski definition) is 1. The first-order valence-electron chi connectivity index (χ1n) is 3.99. The number of halogens is 1. The third kappa shape index (κ3) is 6.34. The lowest BCUT2D eigenvalue weighted by atomic mass is 10.4. The van der Waals surface area contributed by atoms with E-state index in [1.807, 2.05) is 6.92 Å². The lowest BCUT2D eigenvalue weighted by Gasteiger charge is -2.11. The molecule has 0 aliphatic carbocycles. The van der Waals surface area contributed by atoms with E-state index in [1.54, 1.807) is 0 Å². The quantitative estimate of drug-likeness (QED) is 0.331. The minimum absolute atomic E-state index is 0.201. The molecule has 0 aromatic carbocycles. The van der Waals surface area contributed by atoms with Crippen molar-refractivity contribution in [1.82, 2.24) is 0 Å². The Morgan fingerprint density at radius 1 is 1.64 bits per heavy atom. The summed E-state index contributed by atoms with van der Waals surface area (Å²) in [6.07, 6.45) is 0.651. The van der Waals surface area contributed by atoms with Gasteiger partial charge < -0.3 is 10.3 Å². The smallest absolute Gasteiger partial charge is 0.378 e. The first-order valence-corrected chi connectivity index (χ1v) is 6.43. The van der Waals surface area contributed by atoms with Crippen LogP contribution in [-0.2, 0) is 23.4 Å². The summed E-state index contributed by atoms with van der Waals surface area (Å²) in [5, 5.41) is 0. The molecule has 14 heavy (non-hydrogen) atoms. The molecule has 2 N–H and O–H groups in total. The zero-order valence-corrected chi connectivity index (χ0v) is 9.59. The van der Waals surface area contributed by atoms with E-state index in [-0.39, 0.29) is 6.61 Å². The summed E-state index contributed by atoms with van der Waals surface area (Å²) in [5.74, 6) is -0.913. The third-order valence-electron chi connectivity index (χ3n) is 1.000. The van der Waals surface area contributed by atoms with Gasteiger partial charge in [-0.25, -0.2) is 9.45 Å². The first kappa shape index (κ1) is 13.9. The average molecular weight is 246 g/mol. The molecule has 2 atom stereocenters. The van der Waals surface area contributed by atoms with Crippen molar-refractivity contribution in [2.24, 2.45) is 5.73 Å². The molecular formula is C6H13ClNO5P. The van der Waals surface area contributed by atoms with Crippen molar-refractivity contribution in [3.8, 4) is 0 Å². The molecule has 0 aromatic rings. The SMILES string of the molecule is CCCOOP(=O)(Cl)OC(=O)[C@H](C)N. The van der Waals surface area contributed by atoms with Crippen LogP contribution in [0.1, 0.15) is 20.3 Å². The van der Waals surface area contributed by atoms with Gasteiger partial charge in [0, 0.05) is 11.2 Å². The van der Waals surface area contributed by atoms with Gasteiger partial charge in [0.25, 0.3) is 0 Å². The predicted molar refractivity (Wildman–Crippen MR) is 50.5 cm³/mol. The van der Waals surface area contributed by atoms with Gasteiger partial charge >= 0.3 is 12.9 Å². The summed E-state index contributed by atoms with van der Waals surface area (Å²) in [4.78, 5) is 15.3. The maximum absolute atomic E-state index is 11.1. The third-order valence-corrected chi connectivity index (χ3v) is 2.06. The summed E-state index contributed by atoms with van der Waals surface area (Å²) >= 11 is 5.22. The van der Waals surface area contributed by atoms with Gasteiger partial charge in [-0.3, -0.25) is 4.79 Å². The Balaban J connectivity index is 3.95. The Hall–Kier alpha value is -0.130. The molecule has 0 saturated heterocycles. The van der Waals surface area contributed by atoms with Crippen molar-refractivity contribution in [1.29, 1.82) is 0 Å². The van der Waals surface area contributed by atoms with Gasteiger partial charge in [0.05, 0.1) is 6.61 Å². The molecule has 0 rings (SSSR count). The Kier molecular flexibility index (Phi) is 6.31. The standard InChI is InChI=1S/C6H13ClNO5P/c1-3-4-11-13-14(7,10)12-6(9)5(2)8/h5H,3-4,8H2,1-2H3/t5-,14?/m0/s1. The first-order chi connectivity index (χ1) is 6.39. The molecule has 0 aromatic heterocycles. The van der Waals surface area contributed by atoms with Crippen LogP contribution in [0.15, 0.2) is 0 Å². The van der Waals surface area contributed by atoms with Crippen LogP contribution >= 0.6 is 18.2 Å². The van der Waals surface area contributed by atoms with E-state index in [9.17, 15) is 9.36 Å². The van der Waals surface area contributed by atoms with Crippen LogP contribution in [0.4, 0.5) is 0 Å². The highest BCUT2D eigenvalue weighted by Gasteiger charge is 2.28. The van der Waals surface area contributed by atoms with Crippen LogP contribution in [0.3, 0.4) is 0 Å². The van der Waals surface area contributed by atoms with Gasteiger partial charge in [0.1, 0.15) is 6.04 Å². The number of carbonyl (C=O) groups is 1. The Bertz CT molecular complexity index is 234. The van der Waals surface area contributed by atoms with Crippen molar-refractivity contribution < 1.29 is 23.4 Å². The maximum atomic E-state index is 11.1. The topological polar surface area (TPSA) is 87.9 Å². The molecule has 0 spiro atoms. The van der Waals surface area contributed by atoms with E-state index >= 15 is 0 Å². The minimum atomic E-state index is -4.01. The van der Waals surface area contributed by atoms with Crippen molar-refractivity contribution in [2.45, 2.75) is 26.3 Å². The Morgan fingerprint density at radius 2 is 2.21 bits per heavy atom. The van der Waals surface area contributed by atoms with Crippen molar-refractivity contribution >= 4 is 24.2 Å². The summed E-state index contributed by atoms with van der Waals surface area (Å²) in [5.41, 5.74) is 5.15. The molecule has 0 aliphatic rings. The lowest BCUT2D eigenvalue weighted by molar-refractivity contribution is -0.211. The van der Waals surface area contributed by atoms with Gasteiger partial charge in [-0.2, -0.15) is 0 Å². The van der Waals surface area contributed by atoms with Crippen LogP contribution in [-0.4, -0.2) is 18.6 Å². The van der Waals surface area contributed by atoms with Gasteiger partial charge in [0.2, 0.25) is 0 Å². The second kappa shape index (κ2) is 6.37. The van der Waals surface area contributed by atoms with Crippen LogP contribution < -0.4 is 5.73 Å². The second-order valence-corrected chi connectivity index (χ2v) is 4.96. The highest BCUT2D eigenvalue weighted by atomic mass is 35.7. The molecule has 0 saturated carbocycles.